The molecule has 0 bridgehead atoms. The molecule has 33 heavy (non-hydrogen) atoms. The number of aliphatic hydroxyl groups excluding tert-OH is 1. The van der Waals surface area contributed by atoms with Crippen LogP contribution < -0.4 is 5.14 Å². The number of rotatable bonds is 6. The molecule has 194 valence electrons. The third-order valence-corrected chi connectivity index (χ3v) is 11.9. The summed E-state index contributed by atoms with van der Waals surface area (Å²) in [5, 5.41) is 14.7. The standard InChI is InChI=1S/C29H50O.CH4.H3NS/c1-6-20-19-29-24-12-11-21(10-8-7-9-15-26(2,3)4)27(24,5)16-14-25(29)28(29)17-13-22(30)18-23(20)28;;1-2/h20-25,30H,6-19H2,1-5H3;1H4;2H,1H2/t20-,21?,22+,23?,24?,25?,27?,28?,29?;;/m0../s1. The minimum Gasteiger partial charge on any atom is -0.393 e. The van der Waals surface area contributed by atoms with Crippen molar-refractivity contribution < 1.29 is 5.11 Å². The van der Waals surface area contributed by atoms with Crippen LogP contribution in [-0.4, -0.2) is 11.2 Å². The van der Waals surface area contributed by atoms with Gasteiger partial charge in [0.1, 0.15) is 0 Å². The summed E-state index contributed by atoms with van der Waals surface area (Å²) >= 11 is 3.03. The predicted molar refractivity (Wildman–Crippen MR) is 146 cm³/mol. The van der Waals surface area contributed by atoms with E-state index in [2.05, 4.69) is 52.6 Å². The van der Waals surface area contributed by atoms with Gasteiger partial charge >= 0.3 is 0 Å². The topological polar surface area (TPSA) is 46.2 Å². The van der Waals surface area contributed by atoms with Gasteiger partial charge in [-0.3, -0.25) is 5.14 Å². The van der Waals surface area contributed by atoms with E-state index in [1.165, 1.54) is 77.0 Å². The Bertz CT molecular complexity index is 660. The Morgan fingerprint density at radius 1 is 0.939 bits per heavy atom. The highest BCUT2D eigenvalue weighted by atomic mass is 32.1. The molecular weight excluding hydrogens is 422 g/mol. The minimum absolute atomic E-state index is 0. The predicted octanol–water partition coefficient (Wildman–Crippen LogP) is 8.43. The van der Waals surface area contributed by atoms with Gasteiger partial charge in [-0.15, -0.1) is 12.8 Å². The van der Waals surface area contributed by atoms with Gasteiger partial charge in [0.05, 0.1) is 6.10 Å². The third-order valence-electron chi connectivity index (χ3n) is 11.9. The average molecular weight is 480 g/mol. The van der Waals surface area contributed by atoms with Gasteiger partial charge in [0.2, 0.25) is 0 Å². The summed E-state index contributed by atoms with van der Waals surface area (Å²) in [6.07, 6.45) is 19.8. The van der Waals surface area contributed by atoms with E-state index in [0.29, 0.717) is 21.7 Å². The Labute approximate surface area is 212 Å². The van der Waals surface area contributed by atoms with Crippen molar-refractivity contribution in [1.82, 2.24) is 0 Å². The van der Waals surface area contributed by atoms with Gasteiger partial charge in [0, 0.05) is 0 Å². The monoisotopic (exact) mass is 479 g/mol. The molecule has 5 aliphatic carbocycles. The number of hydrogen-bond donors (Lipinski definition) is 3. The molecule has 5 fully saturated rings. The average Bonchev–Trinajstić information content (AvgIpc) is 2.98. The van der Waals surface area contributed by atoms with Crippen LogP contribution in [0.2, 0.25) is 0 Å². The summed E-state index contributed by atoms with van der Waals surface area (Å²) in [6.45, 7) is 12.4. The van der Waals surface area contributed by atoms with Crippen molar-refractivity contribution in [3.63, 3.8) is 0 Å². The smallest absolute Gasteiger partial charge is 0.0543 e. The van der Waals surface area contributed by atoms with Crippen molar-refractivity contribution in [2.45, 2.75) is 138 Å². The van der Waals surface area contributed by atoms with Crippen molar-refractivity contribution in [1.29, 1.82) is 0 Å². The second kappa shape index (κ2) is 9.97. The highest BCUT2D eigenvalue weighted by molar-refractivity contribution is 7.77. The molecule has 0 amide bonds. The fraction of sp³-hybridized carbons (Fsp3) is 1.00. The lowest BCUT2D eigenvalue weighted by Gasteiger charge is -2.46. The normalized spacial score (nSPS) is 47.3. The van der Waals surface area contributed by atoms with Crippen LogP contribution in [0.15, 0.2) is 0 Å². The van der Waals surface area contributed by atoms with Crippen molar-refractivity contribution in [3.8, 4) is 0 Å². The molecule has 0 aliphatic heterocycles. The number of aliphatic hydroxyl groups is 1. The Hall–Kier alpha value is 0.270. The first-order chi connectivity index (χ1) is 15.2. The quantitative estimate of drug-likeness (QED) is 0.264. The summed E-state index contributed by atoms with van der Waals surface area (Å²) in [4.78, 5) is 0. The molecule has 9 atom stereocenters. The molecule has 0 radical (unpaired) electrons. The SMILES string of the molecule is C.CC[C@H]1CC23C4CCC(CCCCCC(C)(C)C)C4(C)CCC2C32CC[C@@H](O)CC12.NS. The maximum Gasteiger partial charge on any atom is 0.0543 e. The van der Waals surface area contributed by atoms with Crippen LogP contribution in [0.4, 0.5) is 0 Å². The Morgan fingerprint density at radius 3 is 2.33 bits per heavy atom. The van der Waals surface area contributed by atoms with Crippen LogP contribution in [-0.2, 0) is 0 Å². The molecular formula is C30H57NOS. The van der Waals surface area contributed by atoms with Gasteiger partial charge in [-0.05, 0) is 115 Å². The molecule has 0 aromatic heterocycles. The molecule has 5 rings (SSSR count). The summed E-state index contributed by atoms with van der Waals surface area (Å²) in [5.74, 6) is 4.81. The van der Waals surface area contributed by atoms with Crippen molar-refractivity contribution >= 4 is 12.8 Å². The van der Waals surface area contributed by atoms with Gasteiger partial charge in [0.25, 0.3) is 0 Å². The second-order valence-corrected chi connectivity index (χ2v) is 14.1. The highest BCUT2D eigenvalue weighted by Gasteiger charge is 2.87. The van der Waals surface area contributed by atoms with Crippen LogP contribution in [0.1, 0.15) is 132 Å². The van der Waals surface area contributed by atoms with E-state index in [0.717, 1.165) is 42.4 Å². The van der Waals surface area contributed by atoms with E-state index in [-0.39, 0.29) is 13.5 Å². The van der Waals surface area contributed by atoms with Gasteiger partial charge in [-0.25, -0.2) is 0 Å². The molecule has 5 saturated carbocycles. The number of nitrogens with two attached hydrogens (primary N) is 1. The molecule has 3 heteroatoms. The first kappa shape index (κ1) is 27.9. The largest absolute Gasteiger partial charge is 0.393 e. The van der Waals surface area contributed by atoms with E-state index in [4.69, 9.17) is 0 Å². The Balaban J connectivity index is 0.000000994. The first-order valence-electron chi connectivity index (χ1n) is 14.1. The van der Waals surface area contributed by atoms with E-state index in [1.54, 1.807) is 0 Å². The number of fused-ring (bicyclic) bond motifs is 1. The zero-order chi connectivity index (χ0) is 23.4. The van der Waals surface area contributed by atoms with E-state index in [1.807, 2.05) is 0 Å². The molecule has 0 heterocycles. The number of unbranched alkanes of at least 4 members (excludes halogenated alkanes) is 2. The van der Waals surface area contributed by atoms with Crippen LogP contribution in [0.3, 0.4) is 0 Å². The molecule has 3 N–H and O–H groups in total. The molecule has 2 spiro atoms. The zero-order valence-corrected chi connectivity index (χ0v) is 22.7. The van der Waals surface area contributed by atoms with Crippen LogP contribution in [0.25, 0.3) is 0 Å². The number of hydrogen-bond acceptors (Lipinski definition) is 3. The lowest BCUT2D eigenvalue weighted by Crippen LogP contribution is -2.39. The van der Waals surface area contributed by atoms with Gasteiger partial charge < -0.3 is 5.11 Å². The second-order valence-electron chi connectivity index (χ2n) is 14.1. The summed E-state index contributed by atoms with van der Waals surface area (Å²) < 4.78 is 0. The molecule has 2 nitrogen and oxygen atoms in total. The zero-order valence-electron chi connectivity index (χ0n) is 21.8. The van der Waals surface area contributed by atoms with Gasteiger partial charge in [-0.1, -0.05) is 67.7 Å². The van der Waals surface area contributed by atoms with E-state index >= 15 is 0 Å². The van der Waals surface area contributed by atoms with Crippen LogP contribution >= 0.6 is 12.8 Å². The van der Waals surface area contributed by atoms with Crippen LogP contribution in [0, 0.1) is 51.2 Å². The summed E-state index contributed by atoms with van der Waals surface area (Å²) in [6, 6.07) is 0. The fourth-order valence-electron chi connectivity index (χ4n) is 10.8. The summed E-state index contributed by atoms with van der Waals surface area (Å²) in [7, 11) is 0. The molecule has 0 aromatic rings. The fourth-order valence-corrected chi connectivity index (χ4v) is 10.8. The Morgan fingerprint density at radius 2 is 1.67 bits per heavy atom. The van der Waals surface area contributed by atoms with Crippen LogP contribution in [0.5, 0.6) is 0 Å². The van der Waals surface area contributed by atoms with Crippen molar-refractivity contribution in [2.24, 2.45) is 56.4 Å². The third kappa shape index (κ3) is 4.16. The first-order valence-corrected chi connectivity index (χ1v) is 14.6. The molecule has 7 unspecified atom stereocenters. The van der Waals surface area contributed by atoms with Gasteiger partial charge in [0.15, 0.2) is 0 Å². The van der Waals surface area contributed by atoms with E-state index in [9.17, 15) is 5.11 Å². The highest BCUT2D eigenvalue weighted by Crippen LogP contribution is 2.92. The van der Waals surface area contributed by atoms with Crippen molar-refractivity contribution in [3.05, 3.63) is 0 Å². The molecule has 0 saturated heterocycles. The lowest BCUT2D eigenvalue weighted by atomic mass is 9.59. The van der Waals surface area contributed by atoms with Crippen molar-refractivity contribution in [2.75, 3.05) is 0 Å². The minimum atomic E-state index is 0. The maximum atomic E-state index is 10.5. The van der Waals surface area contributed by atoms with E-state index < -0.39 is 0 Å². The summed E-state index contributed by atoms with van der Waals surface area (Å²) in [5.41, 5.74) is 2.50. The maximum absolute atomic E-state index is 10.5. The molecule has 0 aromatic carbocycles. The molecule has 5 aliphatic rings. The Kier molecular flexibility index (Phi) is 8.41. The van der Waals surface area contributed by atoms with Gasteiger partial charge in [-0.2, -0.15) is 0 Å². The lowest BCUT2D eigenvalue weighted by molar-refractivity contribution is 0.0250. The number of thiol groups is 1.